The van der Waals surface area contributed by atoms with Crippen LogP contribution in [0.2, 0.25) is 0 Å². The fourth-order valence-corrected chi connectivity index (χ4v) is 5.85. The minimum Gasteiger partial charge on any atom is -0.387 e. The molecule has 51 heavy (non-hydrogen) atoms. The van der Waals surface area contributed by atoms with Gasteiger partial charge in [0.15, 0.2) is 0 Å². The number of nitrogens with one attached hydrogen (secondary N) is 3. The van der Waals surface area contributed by atoms with Gasteiger partial charge < -0.3 is 30.5 Å². The normalized spacial score (nSPS) is 17.2. The Hall–Kier alpha value is -4.76. The Bertz CT molecular complexity index is 1740. The van der Waals surface area contributed by atoms with Crippen molar-refractivity contribution in [2.75, 3.05) is 59.8 Å². The van der Waals surface area contributed by atoms with E-state index in [-0.39, 0.29) is 6.54 Å². The molecule has 0 radical (unpaired) electrons. The minimum absolute atomic E-state index is 0.279. The van der Waals surface area contributed by atoms with Crippen molar-refractivity contribution >= 4 is 11.9 Å². The highest BCUT2D eigenvalue weighted by Gasteiger charge is 2.35. The number of anilines is 1. The topological polar surface area (TPSA) is 67.4 Å². The average Bonchev–Trinajstić information content (AvgIpc) is 3.57. The van der Waals surface area contributed by atoms with Crippen LogP contribution in [0.4, 0.5) is 18.9 Å². The summed E-state index contributed by atoms with van der Waals surface area (Å²) in [6, 6.07) is 10.8. The predicted octanol–water partition coefficient (Wildman–Crippen LogP) is 6.61. The molecule has 0 spiro atoms. The molecule has 2 aromatic carbocycles. The van der Waals surface area contributed by atoms with Gasteiger partial charge in [-0.1, -0.05) is 36.8 Å². The largest absolute Gasteiger partial charge is 0.416 e. The van der Waals surface area contributed by atoms with Crippen molar-refractivity contribution in [1.29, 1.82) is 0 Å². The highest BCUT2D eigenvalue weighted by atomic mass is 19.4. The standard InChI is InChI=1S/C40H50F3N7O/c1-8-36(50-19-9-10-39(30(50)3)47-35(25-44-4)26-45-18-21-51-7)16-14-32-22-31(12-11-29(32)2)24-46-34-15-13-33(38(23-34)40(41,42)43)27-49-20-17-37(28-49)48(5)6/h8-13,15,19,22-23,25-26,37,45-47H,3,17-18,20-21,24,27-28H2,1-2,4-7H3/b35-26+,36-8-,44-25?. The molecule has 1 saturated heterocycles. The van der Waals surface area contributed by atoms with E-state index >= 15 is 0 Å². The molecule has 1 unspecified atom stereocenters. The molecule has 3 N–H and O–H groups in total. The van der Waals surface area contributed by atoms with Crippen LogP contribution in [0.25, 0.3) is 0 Å². The van der Waals surface area contributed by atoms with Gasteiger partial charge in [0, 0.05) is 82.8 Å². The number of aliphatic imine (C=N–C) groups is 1. The van der Waals surface area contributed by atoms with Crippen molar-refractivity contribution < 1.29 is 17.9 Å². The maximum Gasteiger partial charge on any atom is 0.416 e. The van der Waals surface area contributed by atoms with Crippen LogP contribution >= 0.6 is 0 Å². The summed E-state index contributed by atoms with van der Waals surface area (Å²) in [5.41, 5.74) is 5.85. The van der Waals surface area contributed by atoms with Gasteiger partial charge in [-0.2, -0.15) is 13.2 Å². The number of methoxy groups -OCH3 is 1. The number of halogens is 3. The van der Waals surface area contributed by atoms with Crippen molar-refractivity contribution in [3.8, 4) is 11.8 Å². The van der Waals surface area contributed by atoms with Crippen LogP contribution in [0, 0.1) is 18.8 Å². The molecule has 2 aliphatic rings. The maximum absolute atomic E-state index is 14.2. The number of aryl methyl sites for hydroxylation is 1. The molecule has 8 nitrogen and oxygen atoms in total. The summed E-state index contributed by atoms with van der Waals surface area (Å²) in [6.07, 6.45) is 7.75. The summed E-state index contributed by atoms with van der Waals surface area (Å²) >= 11 is 0. The summed E-state index contributed by atoms with van der Waals surface area (Å²) in [6.45, 7) is 11.6. The molecular weight excluding hydrogens is 651 g/mol. The third kappa shape index (κ3) is 11.1. The Labute approximate surface area is 301 Å². The van der Waals surface area contributed by atoms with E-state index in [1.807, 2.05) is 81.7 Å². The highest BCUT2D eigenvalue weighted by Crippen LogP contribution is 2.35. The number of allylic oxidation sites excluding steroid dienone is 5. The minimum atomic E-state index is -4.45. The molecule has 0 aliphatic carbocycles. The summed E-state index contributed by atoms with van der Waals surface area (Å²) in [5.74, 6) is 6.60. The van der Waals surface area contributed by atoms with Crippen LogP contribution < -0.4 is 16.0 Å². The lowest BCUT2D eigenvalue weighted by molar-refractivity contribution is -0.138. The van der Waals surface area contributed by atoms with E-state index in [2.05, 4.69) is 49.2 Å². The maximum atomic E-state index is 14.2. The van der Waals surface area contributed by atoms with Crippen LogP contribution in [0.5, 0.6) is 0 Å². The Kier molecular flexibility index (Phi) is 14.1. The van der Waals surface area contributed by atoms with Crippen LogP contribution in [0.15, 0.2) is 101 Å². The first-order chi connectivity index (χ1) is 24.4. The van der Waals surface area contributed by atoms with E-state index in [4.69, 9.17) is 4.74 Å². The van der Waals surface area contributed by atoms with Gasteiger partial charge in [0.25, 0.3) is 0 Å². The van der Waals surface area contributed by atoms with E-state index in [1.54, 1.807) is 32.5 Å². The Morgan fingerprint density at radius 2 is 2.00 bits per heavy atom. The number of nitrogens with zero attached hydrogens (tertiary/aromatic N) is 4. The molecule has 272 valence electrons. The molecule has 0 saturated carbocycles. The van der Waals surface area contributed by atoms with Gasteiger partial charge in [0.05, 0.1) is 35.0 Å². The van der Waals surface area contributed by atoms with Gasteiger partial charge in [0.2, 0.25) is 0 Å². The smallest absolute Gasteiger partial charge is 0.387 e. The number of rotatable bonds is 14. The van der Waals surface area contributed by atoms with Gasteiger partial charge in [0.1, 0.15) is 0 Å². The molecule has 2 aromatic rings. The third-order valence-corrected chi connectivity index (χ3v) is 8.80. The molecular formula is C40H50F3N7O. The molecule has 0 aromatic heterocycles. The van der Waals surface area contributed by atoms with E-state index in [0.717, 1.165) is 53.3 Å². The Morgan fingerprint density at radius 3 is 2.69 bits per heavy atom. The molecule has 2 aliphatic heterocycles. The number of hydrogen-bond donors (Lipinski definition) is 3. The zero-order valence-electron chi connectivity index (χ0n) is 30.5. The fraction of sp³-hybridized carbons (Fsp3) is 0.375. The highest BCUT2D eigenvalue weighted by molar-refractivity contribution is 5.78. The molecule has 0 bridgehead atoms. The fourth-order valence-electron chi connectivity index (χ4n) is 5.85. The van der Waals surface area contributed by atoms with E-state index in [0.29, 0.717) is 42.7 Å². The second-order valence-corrected chi connectivity index (χ2v) is 12.7. The van der Waals surface area contributed by atoms with Crippen LogP contribution in [0.1, 0.15) is 41.2 Å². The lowest BCUT2D eigenvalue weighted by Crippen LogP contribution is -2.31. The summed E-state index contributed by atoms with van der Waals surface area (Å²) in [7, 11) is 7.39. The predicted molar refractivity (Wildman–Crippen MR) is 202 cm³/mol. The summed E-state index contributed by atoms with van der Waals surface area (Å²) in [4.78, 5) is 10.3. The van der Waals surface area contributed by atoms with Crippen LogP contribution in [-0.2, 0) is 24.0 Å². The van der Waals surface area contributed by atoms with Crippen molar-refractivity contribution in [1.82, 2.24) is 25.3 Å². The van der Waals surface area contributed by atoms with Gasteiger partial charge in [-0.3, -0.25) is 9.89 Å². The zero-order valence-corrected chi connectivity index (χ0v) is 30.5. The molecule has 11 heteroatoms. The molecule has 4 rings (SSSR count). The van der Waals surface area contributed by atoms with Crippen molar-refractivity contribution in [2.24, 2.45) is 4.99 Å². The number of likely N-dealkylation sites (N-methyl/N-ethyl adjacent to an activating group) is 1. The lowest BCUT2D eigenvalue weighted by Gasteiger charge is -2.27. The Balaban J connectivity index is 1.44. The summed E-state index contributed by atoms with van der Waals surface area (Å²) in [5, 5.41) is 9.77. The second-order valence-electron chi connectivity index (χ2n) is 12.7. The van der Waals surface area contributed by atoms with Crippen LogP contribution in [-0.4, -0.2) is 81.5 Å². The van der Waals surface area contributed by atoms with Crippen molar-refractivity contribution in [3.63, 3.8) is 0 Å². The van der Waals surface area contributed by atoms with Crippen molar-refractivity contribution in [3.05, 3.63) is 124 Å². The van der Waals surface area contributed by atoms with Gasteiger partial charge in [-0.15, -0.1) is 0 Å². The number of alkyl halides is 3. The van der Waals surface area contributed by atoms with Gasteiger partial charge >= 0.3 is 6.18 Å². The SMILES string of the molecule is C=C1C(N/C(C=NC)=C/NCCOC)=CC=CN1/C(C#Cc1cc(CNc2ccc(CN3CCC(N(C)C)C3)c(C(F)(F)F)c2)ccc1C)=C\C. The quantitative estimate of drug-likeness (QED) is 0.116. The Morgan fingerprint density at radius 1 is 1.20 bits per heavy atom. The lowest BCUT2D eigenvalue weighted by atomic mass is 10.0. The second kappa shape index (κ2) is 18.5. The van der Waals surface area contributed by atoms with Crippen molar-refractivity contribution in [2.45, 2.75) is 45.6 Å². The van der Waals surface area contributed by atoms with E-state index < -0.39 is 11.7 Å². The third-order valence-electron chi connectivity index (χ3n) is 8.80. The number of ether oxygens (including phenoxy) is 1. The number of hydrogen-bond acceptors (Lipinski definition) is 8. The summed E-state index contributed by atoms with van der Waals surface area (Å²) < 4.78 is 47.6. The first kappa shape index (κ1) is 39.0. The van der Waals surface area contributed by atoms with E-state index in [1.165, 1.54) is 6.07 Å². The molecule has 2 heterocycles. The molecule has 1 atom stereocenters. The number of benzene rings is 2. The zero-order chi connectivity index (χ0) is 37.0. The number of likely N-dealkylation sites (tertiary alicyclic amines) is 1. The monoisotopic (exact) mass is 701 g/mol. The average molecular weight is 702 g/mol. The first-order valence-corrected chi connectivity index (χ1v) is 17.0. The first-order valence-electron chi connectivity index (χ1n) is 17.0. The van der Waals surface area contributed by atoms with E-state index in [9.17, 15) is 13.2 Å². The molecule has 0 amide bonds. The van der Waals surface area contributed by atoms with Gasteiger partial charge in [-0.05, 0) is 87.3 Å². The molecule has 1 fully saturated rings. The van der Waals surface area contributed by atoms with Gasteiger partial charge in [-0.25, -0.2) is 0 Å². The van der Waals surface area contributed by atoms with Crippen LogP contribution in [0.3, 0.4) is 0 Å².